The van der Waals surface area contributed by atoms with Gasteiger partial charge in [0.25, 0.3) is 0 Å². The summed E-state index contributed by atoms with van der Waals surface area (Å²) in [7, 11) is 1.83. The molecule has 1 saturated heterocycles. The number of rotatable bonds is 6. The lowest BCUT2D eigenvalue weighted by Crippen LogP contribution is -2.34. The van der Waals surface area contributed by atoms with Crippen LogP contribution in [0, 0.1) is 5.92 Å². The van der Waals surface area contributed by atoms with Gasteiger partial charge in [-0.2, -0.15) is 0 Å². The van der Waals surface area contributed by atoms with Gasteiger partial charge in [0.05, 0.1) is 24.2 Å². The summed E-state index contributed by atoms with van der Waals surface area (Å²) in [6.07, 6.45) is 1.61. The number of carbonyl (C=O) groups excluding carboxylic acids is 1. The minimum absolute atomic E-state index is 0.0319. The van der Waals surface area contributed by atoms with Crippen molar-refractivity contribution in [3.63, 3.8) is 0 Å². The Morgan fingerprint density at radius 3 is 3.00 bits per heavy atom. The van der Waals surface area contributed by atoms with Crippen LogP contribution in [0.25, 0.3) is 0 Å². The molecule has 0 aromatic heterocycles. The molecule has 0 spiro atoms. The average molecular weight is 298 g/mol. The van der Waals surface area contributed by atoms with Crippen LogP contribution in [-0.2, 0) is 9.53 Å². The topological polar surface area (TPSA) is 38.8 Å². The lowest BCUT2D eigenvalue weighted by Gasteiger charge is -2.20. The molecule has 110 valence electrons. The van der Waals surface area contributed by atoms with Crippen molar-refractivity contribution in [3.8, 4) is 5.75 Å². The first-order valence-corrected chi connectivity index (χ1v) is 7.26. The van der Waals surface area contributed by atoms with Gasteiger partial charge in [0, 0.05) is 20.2 Å². The first-order valence-electron chi connectivity index (χ1n) is 6.88. The van der Waals surface area contributed by atoms with Crippen molar-refractivity contribution in [2.75, 3.05) is 33.4 Å². The monoisotopic (exact) mass is 297 g/mol. The van der Waals surface area contributed by atoms with Crippen LogP contribution in [0.4, 0.5) is 0 Å². The molecule has 1 aliphatic rings. The average Bonchev–Trinajstić information content (AvgIpc) is 2.98. The zero-order valence-corrected chi connectivity index (χ0v) is 12.4. The highest BCUT2D eigenvalue weighted by Crippen LogP contribution is 2.23. The second-order valence-electron chi connectivity index (χ2n) is 4.95. The van der Waals surface area contributed by atoms with Crippen molar-refractivity contribution >= 4 is 17.5 Å². The number of ether oxygens (including phenoxy) is 2. The Labute approximate surface area is 124 Å². The summed E-state index contributed by atoms with van der Waals surface area (Å²) >= 11 is 6.00. The quantitative estimate of drug-likeness (QED) is 0.758. The second kappa shape index (κ2) is 7.50. The van der Waals surface area contributed by atoms with Gasteiger partial charge in [0.1, 0.15) is 5.75 Å². The second-order valence-corrected chi connectivity index (χ2v) is 5.36. The number of nitrogens with zero attached hydrogens (tertiary/aromatic N) is 1. The number of hydrogen-bond donors (Lipinski definition) is 0. The maximum absolute atomic E-state index is 12.0. The van der Waals surface area contributed by atoms with Crippen LogP contribution in [0.2, 0.25) is 5.02 Å². The third-order valence-corrected chi connectivity index (χ3v) is 3.70. The highest BCUT2D eigenvalue weighted by atomic mass is 35.5. The van der Waals surface area contributed by atoms with E-state index in [9.17, 15) is 4.79 Å². The van der Waals surface area contributed by atoms with Gasteiger partial charge in [-0.15, -0.1) is 0 Å². The van der Waals surface area contributed by atoms with Crippen molar-refractivity contribution in [2.24, 2.45) is 5.92 Å². The zero-order valence-electron chi connectivity index (χ0n) is 11.7. The summed E-state index contributed by atoms with van der Waals surface area (Å²) in [5, 5.41) is 0.611. The summed E-state index contributed by atoms with van der Waals surface area (Å²) in [4.78, 5) is 13.8. The molecule has 1 atom stereocenters. The summed E-state index contributed by atoms with van der Waals surface area (Å²) in [6, 6.07) is 7.39. The molecule has 1 aromatic rings. The molecule has 5 heteroatoms. The number of hydrogen-bond acceptors (Lipinski definition) is 3. The van der Waals surface area contributed by atoms with Gasteiger partial charge in [0.15, 0.2) is 0 Å². The van der Waals surface area contributed by atoms with E-state index >= 15 is 0 Å². The normalized spacial score (nSPS) is 18.0. The number of amides is 1. The van der Waals surface area contributed by atoms with Crippen molar-refractivity contribution < 1.29 is 14.3 Å². The predicted molar refractivity (Wildman–Crippen MR) is 78.1 cm³/mol. The fraction of sp³-hybridized carbons (Fsp3) is 0.533. The van der Waals surface area contributed by atoms with Crippen LogP contribution >= 0.6 is 11.6 Å². The Morgan fingerprint density at radius 1 is 1.50 bits per heavy atom. The molecule has 0 unspecified atom stereocenters. The third-order valence-electron chi connectivity index (χ3n) is 3.39. The van der Waals surface area contributed by atoms with E-state index in [0.29, 0.717) is 37.1 Å². The first kappa shape index (κ1) is 15.1. The van der Waals surface area contributed by atoms with Crippen LogP contribution in [0.5, 0.6) is 5.75 Å². The highest BCUT2D eigenvalue weighted by molar-refractivity contribution is 6.32. The number of benzene rings is 1. The van der Waals surface area contributed by atoms with Gasteiger partial charge in [-0.25, -0.2) is 0 Å². The van der Waals surface area contributed by atoms with Crippen LogP contribution in [0.1, 0.15) is 12.8 Å². The van der Waals surface area contributed by atoms with Gasteiger partial charge in [-0.05, 0) is 25.0 Å². The van der Waals surface area contributed by atoms with E-state index in [1.165, 1.54) is 0 Å². The van der Waals surface area contributed by atoms with Crippen molar-refractivity contribution in [2.45, 2.75) is 12.8 Å². The molecule has 1 fully saturated rings. The maximum atomic E-state index is 12.0. The SMILES string of the molecule is CN(CCCOc1ccccc1Cl)C(=O)[C@H]1CCOC1. The minimum Gasteiger partial charge on any atom is -0.492 e. The van der Waals surface area contributed by atoms with E-state index in [4.69, 9.17) is 21.1 Å². The van der Waals surface area contributed by atoms with E-state index in [-0.39, 0.29) is 11.8 Å². The van der Waals surface area contributed by atoms with Crippen molar-refractivity contribution in [3.05, 3.63) is 29.3 Å². The third kappa shape index (κ3) is 4.12. The van der Waals surface area contributed by atoms with Gasteiger partial charge in [0.2, 0.25) is 5.91 Å². The molecule has 20 heavy (non-hydrogen) atoms. The summed E-state index contributed by atoms with van der Waals surface area (Å²) < 4.78 is 10.8. The van der Waals surface area contributed by atoms with Crippen molar-refractivity contribution in [1.82, 2.24) is 4.90 Å². The number of para-hydroxylation sites is 1. The van der Waals surface area contributed by atoms with Gasteiger partial charge < -0.3 is 14.4 Å². The predicted octanol–water partition coefficient (Wildman–Crippen LogP) is 2.60. The fourth-order valence-electron chi connectivity index (χ4n) is 2.20. The van der Waals surface area contributed by atoms with E-state index in [1.807, 2.05) is 25.2 Å². The smallest absolute Gasteiger partial charge is 0.227 e. The Kier molecular flexibility index (Phi) is 5.68. The van der Waals surface area contributed by atoms with E-state index in [0.717, 1.165) is 12.8 Å². The molecule has 0 N–H and O–H groups in total. The summed E-state index contributed by atoms with van der Waals surface area (Å²) in [5.74, 6) is 0.886. The van der Waals surface area contributed by atoms with E-state index < -0.39 is 0 Å². The molecule has 1 aliphatic heterocycles. The molecular weight excluding hydrogens is 278 g/mol. The molecular formula is C15H20ClNO3. The van der Waals surface area contributed by atoms with Crippen LogP contribution in [0.15, 0.2) is 24.3 Å². The Morgan fingerprint density at radius 2 is 2.30 bits per heavy atom. The Hall–Kier alpha value is -1.26. The van der Waals surface area contributed by atoms with Crippen molar-refractivity contribution in [1.29, 1.82) is 0 Å². The number of carbonyl (C=O) groups is 1. The molecule has 0 bridgehead atoms. The Balaban J connectivity index is 1.68. The highest BCUT2D eigenvalue weighted by Gasteiger charge is 2.25. The molecule has 1 amide bonds. The lowest BCUT2D eigenvalue weighted by atomic mass is 10.1. The van der Waals surface area contributed by atoms with E-state index in [1.54, 1.807) is 11.0 Å². The zero-order chi connectivity index (χ0) is 14.4. The van der Waals surface area contributed by atoms with Crippen LogP contribution in [-0.4, -0.2) is 44.2 Å². The Bertz CT molecular complexity index is 446. The summed E-state index contributed by atoms with van der Waals surface area (Å²) in [5.41, 5.74) is 0. The molecule has 4 nitrogen and oxygen atoms in total. The lowest BCUT2D eigenvalue weighted by molar-refractivity contribution is -0.134. The molecule has 1 aromatic carbocycles. The fourth-order valence-corrected chi connectivity index (χ4v) is 2.39. The van der Waals surface area contributed by atoms with Gasteiger partial charge >= 0.3 is 0 Å². The van der Waals surface area contributed by atoms with E-state index in [2.05, 4.69) is 0 Å². The first-order chi connectivity index (χ1) is 9.68. The van der Waals surface area contributed by atoms with Gasteiger partial charge in [-0.1, -0.05) is 23.7 Å². The molecule has 0 saturated carbocycles. The summed E-state index contributed by atoms with van der Waals surface area (Å²) in [6.45, 7) is 2.47. The van der Waals surface area contributed by atoms with Crippen LogP contribution < -0.4 is 4.74 Å². The molecule has 1 heterocycles. The maximum Gasteiger partial charge on any atom is 0.227 e. The number of halogens is 1. The standard InChI is InChI=1S/C15H20ClNO3/c1-17(15(18)12-7-10-19-11-12)8-4-9-20-14-6-3-2-5-13(14)16/h2-3,5-6,12H,4,7-11H2,1H3/t12-/m0/s1. The van der Waals surface area contributed by atoms with Gasteiger partial charge in [-0.3, -0.25) is 4.79 Å². The minimum atomic E-state index is 0.0319. The van der Waals surface area contributed by atoms with Crippen LogP contribution in [0.3, 0.4) is 0 Å². The molecule has 0 radical (unpaired) electrons. The largest absolute Gasteiger partial charge is 0.492 e. The molecule has 0 aliphatic carbocycles. The molecule has 2 rings (SSSR count).